The number of aliphatic hydroxyl groups is 2. The third-order valence-electron chi connectivity index (χ3n) is 6.63. The molecule has 4 rings (SSSR count). The summed E-state index contributed by atoms with van der Waals surface area (Å²) in [6.45, 7) is 1.06. The van der Waals surface area contributed by atoms with Crippen molar-refractivity contribution in [2.24, 2.45) is 11.8 Å². The van der Waals surface area contributed by atoms with Crippen molar-refractivity contribution in [1.29, 1.82) is 5.26 Å². The molecule has 36 heavy (non-hydrogen) atoms. The number of nitriles is 1. The first kappa shape index (κ1) is 30.1. The first-order valence-corrected chi connectivity index (χ1v) is 13.3. The van der Waals surface area contributed by atoms with E-state index in [0.29, 0.717) is 31.3 Å². The zero-order chi connectivity index (χ0) is 26.2. The largest absolute Gasteiger partial charge is 0.394 e. The highest BCUT2D eigenvalue weighted by molar-refractivity contribution is 6.30. The molecule has 2 aromatic carbocycles. The Morgan fingerprint density at radius 1 is 1.08 bits per heavy atom. The average Bonchev–Trinajstić information content (AvgIpc) is 3.35. The van der Waals surface area contributed by atoms with Crippen molar-refractivity contribution in [3.63, 3.8) is 0 Å². The number of nitrogens with zero attached hydrogens (tertiary/aromatic N) is 1. The molecule has 4 unspecified atom stereocenters. The van der Waals surface area contributed by atoms with E-state index in [1.165, 1.54) is 37.7 Å². The summed E-state index contributed by atoms with van der Waals surface area (Å²) >= 11 is 11.6. The highest BCUT2D eigenvalue weighted by atomic mass is 35.5. The van der Waals surface area contributed by atoms with Crippen LogP contribution in [0.5, 0.6) is 0 Å². The fourth-order valence-electron chi connectivity index (χ4n) is 4.77. The van der Waals surface area contributed by atoms with Gasteiger partial charge in [-0.2, -0.15) is 5.26 Å². The van der Waals surface area contributed by atoms with E-state index in [4.69, 9.17) is 33.4 Å². The Morgan fingerprint density at radius 3 is 2.33 bits per heavy atom. The Balaban J connectivity index is 0.000000236. The standard InChI is InChI=1S/C17H21ClN2.C6H5Cl.C5H11NO3/c18-14-8-4-7-13(9-14)16-11-20-17(15(16)10-19)12-5-2-1-3-6-12;7-6-4-2-1-3-5-6;7-3-5(9)1-2-6-4-8/h4,7-9,12,15-17,20H,1-3,5-6,11H2;1-5H;4-5,7,9H,1-3H2,(H,6,8). The summed E-state index contributed by atoms with van der Waals surface area (Å²) in [5, 5.41) is 34.1. The molecule has 1 saturated carbocycles. The zero-order valence-corrected chi connectivity index (χ0v) is 22.0. The minimum Gasteiger partial charge on any atom is -0.394 e. The summed E-state index contributed by atoms with van der Waals surface area (Å²) in [6, 6.07) is 20.4. The summed E-state index contributed by atoms with van der Waals surface area (Å²) in [4.78, 5) is 9.62. The summed E-state index contributed by atoms with van der Waals surface area (Å²) in [7, 11) is 0. The Bertz CT molecular complexity index is 920. The molecule has 1 aliphatic heterocycles. The van der Waals surface area contributed by atoms with Gasteiger partial charge in [0, 0.05) is 35.1 Å². The number of halogens is 2. The van der Waals surface area contributed by atoms with E-state index in [1.807, 2.05) is 48.5 Å². The fourth-order valence-corrected chi connectivity index (χ4v) is 5.11. The van der Waals surface area contributed by atoms with Gasteiger partial charge in [0.1, 0.15) is 0 Å². The van der Waals surface area contributed by atoms with E-state index in [0.717, 1.165) is 16.6 Å². The molecule has 4 N–H and O–H groups in total. The van der Waals surface area contributed by atoms with Crippen LogP contribution in [0.1, 0.15) is 50.0 Å². The lowest BCUT2D eigenvalue weighted by Gasteiger charge is -2.30. The minimum atomic E-state index is -0.711. The molecule has 4 atom stereocenters. The van der Waals surface area contributed by atoms with Gasteiger partial charge in [0.2, 0.25) is 6.41 Å². The summed E-state index contributed by atoms with van der Waals surface area (Å²) in [5.74, 6) is 1.04. The van der Waals surface area contributed by atoms with Gasteiger partial charge in [-0.1, -0.05) is 72.8 Å². The third-order valence-corrected chi connectivity index (χ3v) is 7.11. The number of hydrogen-bond acceptors (Lipinski definition) is 5. The van der Waals surface area contributed by atoms with E-state index in [-0.39, 0.29) is 18.4 Å². The minimum absolute atomic E-state index is 0.0802. The lowest BCUT2D eigenvalue weighted by atomic mass is 9.76. The van der Waals surface area contributed by atoms with Crippen LogP contribution in [-0.2, 0) is 4.79 Å². The van der Waals surface area contributed by atoms with E-state index >= 15 is 0 Å². The van der Waals surface area contributed by atoms with E-state index in [2.05, 4.69) is 22.8 Å². The van der Waals surface area contributed by atoms with Crippen molar-refractivity contribution in [2.75, 3.05) is 19.7 Å². The van der Waals surface area contributed by atoms with E-state index < -0.39 is 6.10 Å². The van der Waals surface area contributed by atoms with Crippen molar-refractivity contribution < 1.29 is 15.0 Å². The van der Waals surface area contributed by atoms with Crippen LogP contribution in [0, 0.1) is 23.2 Å². The average molecular weight is 535 g/mol. The first-order valence-electron chi connectivity index (χ1n) is 12.5. The second kappa shape index (κ2) is 17.3. The Labute approximate surface area is 224 Å². The maximum absolute atomic E-state index is 9.65. The van der Waals surface area contributed by atoms with Crippen molar-refractivity contribution >= 4 is 29.6 Å². The van der Waals surface area contributed by atoms with Crippen LogP contribution in [0.3, 0.4) is 0 Å². The maximum Gasteiger partial charge on any atom is 0.207 e. The highest BCUT2D eigenvalue weighted by Gasteiger charge is 2.41. The summed E-state index contributed by atoms with van der Waals surface area (Å²) in [5.41, 5.74) is 1.20. The second-order valence-corrected chi connectivity index (χ2v) is 10.0. The van der Waals surface area contributed by atoms with Gasteiger partial charge < -0.3 is 20.8 Å². The van der Waals surface area contributed by atoms with Crippen molar-refractivity contribution in [3.05, 3.63) is 70.2 Å². The van der Waals surface area contributed by atoms with Crippen LogP contribution in [0.25, 0.3) is 0 Å². The number of nitrogens with one attached hydrogen (secondary N) is 2. The predicted molar refractivity (Wildman–Crippen MR) is 145 cm³/mol. The Kier molecular flexibility index (Phi) is 14.5. The molecule has 0 radical (unpaired) electrons. The predicted octanol–water partition coefficient (Wildman–Crippen LogP) is 4.93. The topological polar surface area (TPSA) is 105 Å². The highest BCUT2D eigenvalue weighted by Crippen LogP contribution is 2.39. The number of hydrogen-bond donors (Lipinski definition) is 4. The number of carbonyl (C=O) groups is 1. The zero-order valence-electron chi connectivity index (χ0n) is 20.5. The molecule has 2 aliphatic rings. The Hall–Kier alpha value is -2.14. The van der Waals surface area contributed by atoms with Crippen LogP contribution >= 0.6 is 23.2 Å². The molecule has 2 fully saturated rings. The number of rotatable bonds is 7. The van der Waals surface area contributed by atoms with Crippen LogP contribution in [0.15, 0.2) is 54.6 Å². The molecule has 8 heteroatoms. The number of benzene rings is 2. The molecule has 1 saturated heterocycles. The smallest absolute Gasteiger partial charge is 0.207 e. The van der Waals surface area contributed by atoms with Gasteiger partial charge in [-0.3, -0.25) is 4.79 Å². The van der Waals surface area contributed by atoms with Crippen molar-refractivity contribution in [2.45, 2.75) is 56.6 Å². The molecule has 0 aromatic heterocycles. The molecule has 1 amide bonds. The molecule has 1 aliphatic carbocycles. The Morgan fingerprint density at radius 2 is 1.78 bits per heavy atom. The fraction of sp³-hybridized carbons (Fsp3) is 0.500. The third kappa shape index (κ3) is 10.5. The van der Waals surface area contributed by atoms with Crippen LogP contribution in [0.2, 0.25) is 10.0 Å². The number of carbonyl (C=O) groups excluding carboxylic acids is 1. The molecule has 1 heterocycles. The van der Waals surface area contributed by atoms with Gasteiger partial charge in [-0.25, -0.2) is 0 Å². The summed E-state index contributed by atoms with van der Waals surface area (Å²) < 4.78 is 0. The van der Waals surface area contributed by atoms with Gasteiger partial charge in [-0.15, -0.1) is 0 Å². The molecule has 6 nitrogen and oxygen atoms in total. The van der Waals surface area contributed by atoms with Crippen molar-refractivity contribution in [3.8, 4) is 6.07 Å². The normalized spacial score (nSPS) is 22.1. The number of amides is 1. The number of aliphatic hydroxyl groups excluding tert-OH is 2. The summed E-state index contributed by atoms with van der Waals surface area (Å²) in [6.07, 6.45) is 6.80. The first-order chi connectivity index (χ1) is 17.5. The molecule has 2 aromatic rings. The van der Waals surface area contributed by atoms with Crippen molar-refractivity contribution in [1.82, 2.24) is 10.6 Å². The lowest BCUT2D eigenvalue weighted by molar-refractivity contribution is -0.109. The van der Waals surface area contributed by atoms with Crippen LogP contribution in [0.4, 0.5) is 0 Å². The molecule has 0 bridgehead atoms. The van der Waals surface area contributed by atoms with Crippen LogP contribution in [-0.4, -0.2) is 48.5 Å². The monoisotopic (exact) mass is 533 g/mol. The van der Waals surface area contributed by atoms with Gasteiger partial charge in [0.15, 0.2) is 0 Å². The molecular formula is C28H37Cl2N3O3. The van der Waals surface area contributed by atoms with Gasteiger partial charge in [-0.05, 0) is 55.0 Å². The van der Waals surface area contributed by atoms with Gasteiger partial charge in [0.05, 0.1) is 24.7 Å². The maximum atomic E-state index is 9.65. The molecule has 196 valence electrons. The van der Waals surface area contributed by atoms with Crippen LogP contribution < -0.4 is 10.6 Å². The van der Waals surface area contributed by atoms with Gasteiger partial charge >= 0.3 is 0 Å². The van der Waals surface area contributed by atoms with Gasteiger partial charge in [0.25, 0.3) is 0 Å². The SMILES string of the molecule is Clc1ccccc1.N#CC1C(c2cccc(Cl)c2)CNC1C1CCCCC1.O=CNCCC(O)CO. The molecular weight excluding hydrogens is 497 g/mol. The quantitative estimate of drug-likeness (QED) is 0.298. The lowest BCUT2D eigenvalue weighted by Crippen LogP contribution is -2.36. The second-order valence-electron chi connectivity index (χ2n) is 9.14. The van der Waals surface area contributed by atoms with E-state index in [9.17, 15) is 10.1 Å². The molecule has 0 spiro atoms. The van der Waals surface area contributed by atoms with E-state index in [1.54, 1.807) is 0 Å².